The molecule has 0 radical (unpaired) electrons. The molecule has 80 valence electrons. The average Bonchev–Trinajstić information content (AvgIpc) is 2.15. The summed E-state index contributed by atoms with van der Waals surface area (Å²) < 4.78 is 0. The van der Waals surface area contributed by atoms with Crippen LogP contribution in [0.2, 0.25) is 0 Å². The summed E-state index contributed by atoms with van der Waals surface area (Å²) in [6.07, 6.45) is 0. The maximum absolute atomic E-state index is 11.5. The van der Waals surface area contributed by atoms with Crippen LogP contribution in [0, 0.1) is 5.92 Å². The standard InChI is InChI=1S/C9H16N2O3/c1-6(2)8-9(14)10-3-4-11(8)7(13)5-12/h6,8,12H,3-5H2,1-2H3,(H,10,14). The van der Waals surface area contributed by atoms with Gasteiger partial charge >= 0.3 is 0 Å². The normalized spacial score (nSPS) is 22.4. The molecule has 1 atom stereocenters. The van der Waals surface area contributed by atoms with Gasteiger partial charge in [0, 0.05) is 13.1 Å². The van der Waals surface area contributed by atoms with Crippen molar-refractivity contribution in [2.75, 3.05) is 19.7 Å². The van der Waals surface area contributed by atoms with E-state index in [1.807, 2.05) is 13.8 Å². The third kappa shape index (κ3) is 2.04. The molecule has 14 heavy (non-hydrogen) atoms. The Kier molecular flexibility index (Phi) is 3.46. The van der Waals surface area contributed by atoms with Gasteiger partial charge in [0.15, 0.2) is 0 Å². The molecule has 1 rings (SSSR count). The molecule has 0 aromatic heterocycles. The van der Waals surface area contributed by atoms with Crippen molar-refractivity contribution in [3.05, 3.63) is 0 Å². The van der Waals surface area contributed by atoms with Gasteiger partial charge < -0.3 is 15.3 Å². The van der Waals surface area contributed by atoms with Crippen molar-refractivity contribution in [1.29, 1.82) is 0 Å². The van der Waals surface area contributed by atoms with Gasteiger partial charge in [0.2, 0.25) is 11.8 Å². The molecule has 1 fully saturated rings. The van der Waals surface area contributed by atoms with Gasteiger partial charge in [-0.2, -0.15) is 0 Å². The highest BCUT2D eigenvalue weighted by atomic mass is 16.3. The van der Waals surface area contributed by atoms with Crippen LogP contribution in [-0.2, 0) is 9.59 Å². The molecular weight excluding hydrogens is 184 g/mol. The molecule has 1 aliphatic heterocycles. The third-order valence-corrected chi connectivity index (χ3v) is 2.34. The lowest BCUT2D eigenvalue weighted by Gasteiger charge is -2.36. The first kappa shape index (κ1) is 11.0. The zero-order valence-electron chi connectivity index (χ0n) is 8.49. The molecule has 0 spiro atoms. The Morgan fingerprint density at radius 1 is 1.71 bits per heavy atom. The number of rotatable bonds is 2. The minimum atomic E-state index is -0.531. The topological polar surface area (TPSA) is 69.6 Å². The van der Waals surface area contributed by atoms with E-state index in [0.29, 0.717) is 13.1 Å². The van der Waals surface area contributed by atoms with Crippen molar-refractivity contribution < 1.29 is 14.7 Å². The van der Waals surface area contributed by atoms with Gasteiger partial charge in [0.05, 0.1) is 0 Å². The number of piperazine rings is 1. The highest BCUT2D eigenvalue weighted by molar-refractivity contribution is 5.89. The van der Waals surface area contributed by atoms with Crippen molar-refractivity contribution in [1.82, 2.24) is 10.2 Å². The van der Waals surface area contributed by atoms with Gasteiger partial charge in [0.25, 0.3) is 0 Å². The monoisotopic (exact) mass is 200 g/mol. The maximum Gasteiger partial charge on any atom is 0.249 e. The fourth-order valence-corrected chi connectivity index (χ4v) is 1.72. The molecule has 1 unspecified atom stereocenters. The highest BCUT2D eigenvalue weighted by Gasteiger charge is 2.34. The Morgan fingerprint density at radius 2 is 2.36 bits per heavy atom. The molecule has 0 aromatic carbocycles. The molecule has 0 aliphatic carbocycles. The van der Waals surface area contributed by atoms with Gasteiger partial charge in [-0.3, -0.25) is 9.59 Å². The minimum Gasteiger partial charge on any atom is -0.387 e. The van der Waals surface area contributed by atoms with Gasteiger partial charge in [0.1, 0.15) is 12.6 Å². The van der Waals surface area contributed by atoms with Gasteiger partial charge in [-0.1, -0.05) is 13.8 Å². The zero-order chi connectivity index (χ0) is 10.7. The van der Waals surface area contributed by atoms with Crippen LogP contribution in [0.15, 0.2) is 0 Å². The summed E-state index contributed by atoms with van der Waals surface area (Å²) in [6.45, 7) is 4.18. The van der Waals surface area contributed by atoms with Crippen molar-refractivity contribution in [2.24, 2.45) is 5.92 Å². The summed E-state index contributed by atoms with van der Waals surface area (Å²) in [7, 11) is 0. The summed E-state index contributed by atoms with van der Waals surface area (Å²) in [5, 5.41) is 11.5. The Hall–Kier alpha value is -1.10. The summed E-state index contributed by atoms with van der Waals surface area (Å²) in [6, 6.07) is -0.441. The molecule has 0 aromatic rings. The predicted molar refractivity (Wildman–Crippen MR) is 50.4 cm³/mol. The molecule has 1 aliphatic rings. The van der Waals surface area contributed by atoms with Crippen LogP contribution in [-0.4, -0.2) is 47.6 Å². The van der Waals surface area contributed by atoms with Crippen LogP contribution in [0.25, 0.3) is 0 Å². The lowest BCUT2D eigenvalue weighted by molar-refractivity contribution is -0.146. The number of amides is 2. The number of aliphatic hydroxyl groups is 1. The van der Waals surface area contributed by atoms with Crippen LogP contribution >= 0.6 is 0 Å². The smallest absolute Gasteiger partial charge is 0.249 e. The molecule has 5 heteroatoms. The van der Waals surface area contributed by atoms with E-state index in [0.717, 1.165) is 0 Å². The molecule has 0 bridgehead atoms. The molecule has 1 heterocycles. The molecule has 2 N–H and O–H groups in total. The summed E-state index contributed by atoms with van der Waals surface area (Å²) >= 11 is 0. The molecule has 1 saturated heterocycles. The van der Waals surface area contributed by atoms with E-state index in [-0.39, 0.29) is 17.7 Å². The van der Waals surface area contributed by atoms with Gasteiger partial charge in [-0.25, -0.2) is 0 Å². The Morgan fingerprint density at radius 3 is 2.86 bits per heavy atom. The van der Waals surface area contributed by atoms with E-state index >= 15 is 0 Å². The molecular formula is C9H16N2O3. The SMILES string of the molecule is CC(C)C1C(=O)NCCN1C(=O)CO. The number of nitrogens with zero attached hydrogens (tertiary/aromatic N) is 1. The molecule has 2 amide bonds. The van der Waals surface area contributed by atoms with E-state index in [9.17, 15) is 9.59 Å². The van der Waals surface area contributed by atoms with E-state index < -0.39 is 12.6 Å². The Balaban J connectivity index is 2.79. The fraction of sp³-hybridized carbons (Fsp3) is 0.778. The number of hydrogen-bond acceptors (Lipinski definition) is 3. The minimum absolute atomic E-state index is 0.0609. The lowest BCUT2D eigenvalue weighted by Crippen LogP contribution is -2.59. The second-order valence-corrected chi connectivity index (χ2v) is 3.73. The first-order chi connectivity index (χ1) is 6.57. The van der Waals surface area contributed by atoms with Gasteiger partial charge in [-0.15, -0.1) is 0 Å². The van der Waals surface area contributed by atoms with Crippen LogP contribution in [0.4, 0.5) is 0 Å². The first-order valence-electron chi connectivity index (χ1n) is 4.76. The van der Waals surface area contributed by atoms with Crippen molar-refractivity contribution in [2.45, 2.75) is 19.9 Å². The second-order valence-electron chi connectivity index (χ2n) is 3.73. The Labute approximate surface area is 83.1 Å². The number of nitrogens with one attached hydrogen (secondary N) is 1. The van der Waals surface area contributed by atoms with Crippen molar-refractivity contribution in [3.8, 4) is 0 Å². The van der Waals surface area contributed by atoms with Crippen LogP contribution < -0.4 is 5.32 Å². The van der Waals surface area contributed by atoms with Crippen LogP contribution in [0.5, 0.6) is 0 Å². The molecule has 0 saturated carbocycles. The van der Waals surface area contributed by atoms with Crippen molar-refractivity contribution >= 4 is 11.8 Å². The molecule has 5 nitrogen and oxygen atoms in total. The van der Waals surface area contributed by atoms with E-state index in [2.05, 4.69) is 5.32 Å². The number of aliphatic hydroxyl groups excluding tert-OH is 1. The van der Waals surface area contributed by atoms with E-state index in [4.69, 9.17) is 5.11 Å². The second kappa shape index (κ2) is 4.41. The van der Waals surface area contributed by atoms with E-state index in [1.54, 1.807) is 0 Å². The predicted octanol–water partition coefficient (Wildman–Crippen LogP) is -1.04. The highest BCUT2D eigenvalue weighted by Crippen LogP contribution is 2.13. The van der Waals surface area contributed by atoms with Crippen LogP contribution in [0.1, 0.15) is 13.8 Å². The first-order valence-corrected chi connectivity index (χ1v) is 4.76. The third-order valence-electron chi connectivity index (χ3n) is 2.34. The fourth-order valence-electron chi connectivity index (χ4n) is 1.72. The van der Waals surface area contributed by atoms with Crippen LogP contribution in [0.3, 0.4) is 0 Å². The van der Waals surface area contributed by atoms with E-state index in [1.165, 1.54) is 4.90 Å². The number of carbonyl (C=O) groups is 2. The zero-order valence-corrected chi connectivity index (χ0v) is 8.49. The lowest BCUT2D eigenvalue weighted by atomic mass is 9.99. The largest absolute Gasteiger partial charge is 0.387 e. The summed E-state index contributed by atoms with van der Waals surface area (Å²) in [4.78, 5) is 24.3. The Bertz CT molecular complexity index is 240. The summed E-state index contributed by atoms with van der Waals surface area (Å²) in [5.41, 5.74) is 0. The van der Waals surface area contributed by atoms with Crippen molar-refractivity contribution in [3.63, 3.8) is 0 Å². The maximum atomic E-state index is 11.5. The number of hydrogen-bond donors (Lipinski definition) is 2. The average molecular weight is 200 g/mol. The van der Waals surface area contributed by atoms with Gasteiger partial charge in [-0.05, 0) is 5.92 Å². The summed E-state index contributed by atoms with van der Waals surface area (Å²) in [5.74, 6) is -0.447. The number of carbonyl (C=O) groups excluding carboxylic acids is 2. The quantitative estimate of drug-likeness (QED) is 0.598.